The predicted octanol–water partition coefficient (Wildman–Crippen LogP) is 3.03. The summed E-state index contributed by atoms with van der Waals surface area (Å²) in [6.07, 6.45) is -5.09. The van der Waals surface area contributed by atoms with Gasteiger partial charge in [0, 0.05) is 24.0 Å². The molecule has 3 rings (SSSR count). The third-order valence-electron chi connectivity index (χ3n) is 5.04. The Morgan fingerprint density at radius 3 is 2.43 bits per heavy atom. The predicted molar refractivity (Wildman–Crippen MR) is 75.5 cm³/mol. The van der Waals surface area contributed by atoms with Crippen LogP contribution >= 0.6 is 0 Å². The van der Waals surface area contributed by atoms with E-state index in [4.69, 9.17) is 10.5 Å². The van der Waals surface area contributed by atoms with E-state index in [0.717, 1.165) is 0 Å². The molecule has 0 unspecified atom stereocenters. The van der Waals surface area contributed by atoms with Crippen molar-refractivity contribution in [3.63, 3.8) is 0 Å². The molecule has 1 fully saturated rings. The third-order valence-corrected chi connectivity index (χ3v) is 5.04. The first-order valence-electron chi connectivity index (χ1n) is 7.43. The Balaban J connectivity index is 2.01. The second kappa shape index (κ2) is 4.60. The molecule has 2 aliphatic rings. The smallest absolute Gasteiger partial charge is 0.398 e. The van der Waals surface area contributed by atoms with E-state index in [0.29, 0.717) is 29.9 Å². The van der Waals surface area contributed by atoms with Crippen molar-refractivity contribution in [2.24, 2.45) is 11.1 Å². The summed E-state index contributed by atoms with van der Waals surface area (Å²) in [6.45, 7) is 3.56. The SMILES string of the molecule is CC(C)(C[C@]1(C(F)(F)F)C[C@@]1(N)O)c1cc(F)cc2c1OCC2. The van der Waals surface area contributed by atoms with Gasteiger partial charge in [0.2, 0.25) is 0 Å². The molecule has 23 heavy (non-hydrogen) atoms. The van der Waals surface area contributed by atoms with E-state index >= 15 is 0 Å². The number of alkyl halides is 3. The molecular formula is C16H19F4NO2. The highest BCUT2D eigenvalue weighted by atomic mass is 19.4. The van der Waals surface area contributed by atoms with E-state index in [1.54, 1.807) is 13.8 Å². The van der Waals surface area contributed by atoms with Crippen molar-refractivity contribution < 1.29 is 27.4 Å². The van der Waals surface area contributed by atoms with Gasteiger partial charge in [0.25, 0.3) is 0 Å². The van der Waals surface area contributed by atoms with Crippen molar-refractivity contribution in [1.29, 1.82) is 0 Å². The minimum atomic E-state index is -4.63. The Bertz CT molecular complexity index is 654. The largest absolute Gasteiger partial charge is 0.493 e. The second-order valence-corrected chi connectivity index (χ2v) is 7.28. The summed E-state index contributed by atoms with van der Waals surface area (Å²) in [4.78, 5) is 0. The van der Waals surface area contributed by atoms with Gasteiger partial charge < -0.3 is 15.6 Å². The lowest BCUT2D eigenvalue weighted by molar-refractivity contribution is -0.212. The van der Waals surface area contributed by atoms with Crippen LogP contribution in [0.25, 0.3) is 0 Å². The van der Waals surface area contributed by atoms with Crippen molar-refractivity contribution in [2.75, 3.05) is 6.61 Å². The molecular weight excluding hydrogens is 314 g/mol. The quantitative estimate of drug-likeness (QED) is 0.660. The normalized spacial score (nSPS) is 30.1. The summed E-state index contributed by atoms with van der Waals surface area (Å²) in [6, 6.07) is 2.56. The molecule has 1 aromatic carbocycles. The fraction of sp³-hybridized carbons (Fsp3) is 0.625. The lowest BCUT2D eigenvalue weighted by Crippen LogP contribution is -2.43. The monoisotopic (exact) mass is 333 g/mol. The van der Waals surface area contributed by atoms with Gasteiger partial charge in [-0.05, 0) is 24.0 Å². The number of halogens is 4. The van der Waals surface area contributed by atoms with Gasteiger partial charge in [0.15, 0.2) is 0 Å². The molecule has 0 radical (unpaired) electrons. The maximum Gasteiger partial charge on any atom is 0.398 e. The van der Waals surface area contributed by atoms with Gasteiger partial charge in [-0.3, -0.25) is 0 Å². The highest BCUT2D eigenvalue weighted by Crippen LogP contribution is 2.67. The first-order valence-corrected chi connectivity index (χ1v) is 7.43. The third kappa shape index (κ3) is 2.41. The molecule has 7 heteroatoms. The van der Waals surface area contributed by atoms with Crippen LogP contribution in [0.3, 0.4) is 0 Å². The number of hydrogen-bond donors (Lipinski definition) is 2. The number of benzene rings is 1. The number of aliphatic hydroxyl groups is 1. The van der Waals surface area contributed by atoms with Crippen molar-refractivity contribution in [2.45, 2.75) is 50.4 Å². The average Bonchev–Trinajstić information content (AvgIpc) is 2.76. The number of nitrogens with two attached hydrogens (primary N) is 1. The van der Waals surface area contributed by atoms with Gasteiger partial charge in [-0.2, -0.15) is 13.2 Å². The molecule has 3 N–H and O–H groups in total. The fourth-order valence-corrected chi connectivity index (χ4v) is 3.70. The Morgan fingerprint density at radius 1 is 1.30 bits per heavy atom. The average molecular weight is 333 g/mol. The Labute approximate surface area is 131 Å². The number of rotatable bonds is 3. The molecule has 1 aromatic rings. The molecule has 1 aliphatic carbocycles. The zero-order chi connectivity index (χ0) is 17.3. The minimum absolute atomic E-state index is 0.382. The number of hydrogen-bond acceptors (Lipinski definition) is 3. The summed E-state index contributed by atoms with van der Waals surface area (Å²) >= 11 is 0. The van der Waals surface area contributed by atoms with Crippen LogP contribution in [-0.2, 0) is 11.8 Å². The van der Waals surface area contributed by atoms with E-state index in [2.05, 4.69) is 0 Å². The van der Waals surface area contributed by atoms with Crippen molar-refractivity contribution >= 4 is 0 Å². The molecule has 0 aromatic heterocycles. The van der Waals surface area contributed by atoms with Gasteiger partial charge in [-0.25, -0.2) is 4.39 Å². The van der Waals surface area contributed by atoms with Crippen LogP contribution in [0.5, 0.6) is 5.75 Å². The van der Waals surface area contributed by atoms with Crippen molar-refractivity contribution in [3.05, 3.63) is 29.1 Å². The van der Waals surface area contributed by atoms with E-state index in [1.807, 2.05) is 0 Å². The minimum Gasteiger partial charge on any atom is -0.493 e. The van der Waals surface area contributed by atoms with E-state index in [-0.39, 0.29) is 0 Å². The van der Waals surface area contributed by atoms with Crippen LogP contribution < -0.4 is 10.5 Å². The number of fused-ring (bicyclic) bond motifs is 1. The lowest BCUT2D eigenvalue weighted by Gasteiger charge is -2.34. The van der Waals surface area contributed by atoms with Gasteiger partial charge >= 0.3 is 6.18 Å². The summed E-state index contributed by atoms with van der Waals surface area (Å²) in [7, 11) is 0. The van der Waals surface area contributed by atoms with Gasteiger partial charge in [0.05, 0.1) is 6.61 Å². The first kappa shape index (κ1) is 16.5. The standard InChI is InChI=1S/C16H19F4NO2/c1-13(2,7-14(16(18,19)20)8-15(14,21)22)11-6-10(17)5-9-3-4-23-12(9)11/h5-6,22H,3-4,7-8,21H2,1-2H3/t14-,15+/m0/s1. The first-order chi connectivity index (χ1) is 10.4. The van der Waals surface area contributed by atoms with Crippen LogP contribution in [0.2, 0.25) is 0 Å². The summed E-state index contributed by atoms with van der Waals surface area (Å²) in [5, 5.41) is 9.79. The molecule has 3 nitrogen and oxygen atoms in total. The molecule has 1 saturated carbocycles. The van der Waals surface area contributed by atoms with Crippen LogP contribution in [0, 0.1) is 11.2 Å². The summed E-state index contributed by atoms with van der Waals surface area (Å²) in [5.41, 5.74) is 0.723. The second-order valence-electron chi connectivity index (χ2n) is 7.28. The van der Waals surface area contributed by atoms with Crippen LogP contribution in [0.15, 0.2) is 12.1 Å². The maximum absolute atomic E-state index is 13.8. The zero-order valence-electron chi connectivity index (χ0n) is 12.9. The van der Waals surface area contributed by atoms with Crippen LogP contribution in [0.4, 0.5) is 17.6 Å². The Morgan fingerprint density at radius 2 is 1.91 bits per heavy atom. The zero-order valence-corrected chi connectivity index (χ0v) is 12.9. The van der Waals surface area contributed by atoms with Gasteiger partial charge in [-0.1, -0.05) is 13.8 Å². The van der Waals surface area contributed by atoms with E-state index in [9.17, 15) is 22.7 Å². The van der Waals surface area contributed by atoms with Gasteiger partial charge in [0.1, 0.15) is 22.7 Å². The molecule has 0 saturated heterocycles. The highest BCUT2D eigenvalue weighted by Gasteiger charge is 2.79. The highest BCUT2D eigenvalue weighted by molar-refractivity contribution is 5.48. The topological polar surface area (TPSA) is 55.5 Å². The van der Waals surface area contributed by atoms with Crippen molar-refractivity contribution in [1.82, 2.24) is 0 Å². The molecule has 2 atom stereocenters. The summed E-state index contributed by atoms with van der Waals surface area (Å²) in [5.74, 6) is -0.0490. The van der Waals surface area contributed by atoms with Gasteiger partial charge in [-0.15, -0.1) is 0 Å². The summed E-state index contributed by atoms with van der Waals surface area (Å²) < 4.78 is 59.7. The molecule has 0 bridgehead atoms. The Kier molecular flexibility index (Phi) is 3.30. The fourth-order valence-electron chi connectivity index (χ4n) is 3.70. The van der Waals surface area contributed by atoms with Crippen LogP contribution in [0.1, 0.15) is 37.8 Å². The molecule has 0 spiro atoms. The molecule has 1 heterocycles. The lowest BCUT2D eigenvalue weighted by atomic mass is 9.74. The van der Waals surface area contributed by atoms with Crippen molar-refractivity contribution in [3.8, 4) is 5.75 Å². The maximum atomic E-state index is 13.8. The Hall–Kier alpha value is -1.34. The molecule has 1 aliphatic heterocycles. The van der Waals surface area contributed by atoms with E-state index < -0.39 is 41.4 Å². The van der Waals surface area contributed by atoms with E-state index in [1.165, 1.54) is 12.1 Å². The van der Waals surface area contributed by atoms with Crippen LogP contribution in [-0.4, -0.2) is 23.6 Å². The molecule has 128 valence electrons. The molecule has 0 amide bonds. The number of ether oxygens (including phenoxy) is 1.